The van der Waals surface area contributed by atoms with Crippen LogP contribution in [0.4, 0.5) is 5.69 Å². The summed E-state index contributed by atoms with van der Waals surface area (Å²) in [6.07, 6.45) is 4.02. The average Bonchev–Trinajstić information content (AvgIpc) is 3.08. The van der Waals surface area contributed by atoms with Crippen LogP contribution in [0.1, 0.15) is 33.3 Å². The number of carbonyl (C=O) groups is 1. The Kier molecular flexibility index (Phi) is 11.0. The van der Waals surface area contributed by atoms with Gasteiger partial charge in [-0.05, 0) is 93.8 Å². The van der Waals surface area contributed by atoms with E-state index in [1.165, 1.54) is 16.7 Å². The maximum absolute atomic E-state index is 13.4. The minimum Gasteiger partial charge on any atom is -0.497 e. The van der Waals surface area contributed by atoms with E-state index in [1.807, 2.05) is 35.2 Å². The summed E-state index contributed by atoms with van der Waals surface area (Å²) in [7, 11) is 1.64. The van der Waals surface area contributed by atoms with Crippen molar-refractivity contribution in [1.29, 1.82) is 0 Å². The van der Waals surface area contributed by atoms with Crippen LogP contribution in [0.25, 0.3) is 6.08 Å². The lowest BCUT2D eigenvalue weighted by molar-refractivity contribution is -0.122. The molecule has 0 aliphatic carbocycles. The van der Waals surface area contributed by atoms with Crippen LogP contribution in [0.2, 0.25) is 0 Å². The van der Waals surface area contributed by atoms with Crippen LogP contribution in [0.3, 0.4) is 0 Å². The fraction of sp³-hybridized carbons (Fsp3) is 0.385. The molecule has 0 bridgehead atoms. The summed E-state index contributed by atoms with van der Waals surface area (Å²) >= 11 is 3.14. The van der Waals surface area contributed by atoms with Gasteiger partial charge in [-0.3, -0.25) is 14.6 Å². The number of nitrogens with zero attached hydrogens (tertiary/aromatic N) is 3. The molecular formula is C26H34ClN3O2S2. The van der Waals surface area contributed by atoms with Crippen LogP contribution in [-0.4, -0.2) is 59.4 Å². The molecule has 1 amide bonds. The van der Waals surface area contributed by atoms with Gasteiger partial charge in [0.15, 0.2) is 5.17 Å². The van der Waals surface area contributed by atoms with Gasteiger partial charge in [0.25, 0.3) is 5.91 Å². The van der Waals surface area contributed by atoms with Gasteiger partial charge in [0, 0.05) is 30.1 Å². The Morgan fingerprint density at radius 3 is 2.21 bits per heavy atom. The van der Waals surface area contributed by atoms with E-state index in [2.05, 4.69) is 63.1 Å². The van der Waals surface area contributed by atoms with Crippen molar-refractivity contribution >= 4 is 58.8 Å². The molecule has 0 radical (unpaired) electrons. The molecule has 0 unspecified atom stereocenters. The van der Waals surface area contributed by atoms with Crippen LogP contribution in [0.15, 0.2) is 63.3 Å². The van der Waals surface area contributed by atoms with E-state index < -0.39 is 0 Å². The van der Waals surface area contributed by atoms with E-state index in [0.717, 1.165) is 23.5 Å². The molecule has 1 saturated heterocycles. The average molecular weight is 520 g/mol. The molecule has 2 aromatic carbocycles. The number of thioether (sulfide) groups is 2. The largest absolute Gasteiger partial charge is 0.497 e. The molecule has 2 aromatic rings. The number of amidine groups is 1. The number of amides is 1. The molecule has 0 atom stereocenters. The highest BCUT2D eigenvalue weighted by Crippen LogP contribution is 2.34. The predicted molar refractivity (Wildman–Crippen MR) is 150 cm³/mol. The van der Waals surface area contributed by atoms with Crippen molar-refractivity contribution in [1.82, 2.24) is 9.80 Å². The molecule has 8 heteroatoms. The van der Waals surface area contributed by atoms with Gasteiger partial charge in [0.2, 0.25) is 0 Å². The zero-order valence-corrected chi connectivity index (χ0v) is 23.1. The molecule has 184 valence electrons. The van der Waals surface area contributed by atoms with E-state index in [-0.39, 0.29) is 18.3 Å². The van der Waals surface area contributed by atoms with E-state index in [9.17, 15) is 4.79 Å². The fourth-order valence-electron chi connectivity index (χ4n) is 3.74. The second-order valence-electron chi connectivity index (χ2n) is 8.36. The third-order valence-electron chi connectivity index (χ3n) is 5.51. The summed E-state index contributed by atoms with van der Waals surface area (Å²) in [5.41, 5.74) is 1.81. The van der Waals surface area contributed by atoms with Crippen molar-refractivity contribution in [3.05, 3.63) is 59.0 Å². The first kappa shape index (κ1) is 28.3. The Morgan fingerprint density at radius 1 is 1.06 bits per heavy atom. The molecule has 0 saturated carbocycles. The Hall–Kier alpha value is -1.93. The van der Waals surface area contributed by atoms with E-state index in [0.29, 0.717) is 28.7 Å². The Morgan fingerprint density at radius 2 is 1.68 bits per heavy atom. The van der Waals surface area contributed by atoms with Gasteiger partial charge in [0.1, 0.15) is 5.75 Å². The first-order valence-corrected chi connectivity index (χ1v) is 13.2. The zero-order valence-electron chi connectivity index (χ0n) is 20.6. The Balaban J connectivity index is 0.00000408. The summed E-state index contributed by atoms with van der Waals surface area (Å²) in [5.74, 6) is 0.790. The van der Waals surface area contributed by atoms with Crippen LogP contribution in [0, 0.1) is 0 Å². The van der Waals surface area contributed by atoms with Crippen LogP contribution < -0.4 is 4.74 Å². The number of rotatable bonds is 9. The summed E-state index contributed by atoms with van der Waals surface area (Å²) in [6, 6.07) is 16.7. The molecule has 34 heavy (non-hydrogen) atoms. The first-order valence-electron chi connectivity index (χ1n) is 11.2. The molecular weight excluding hydrogens is 486 g/mol. The van der Waals surface area contributed by atoms with E-state index >= 15 is 0 Å². The zero-order chi connectivity index (χ0) is 24.0. The molecule has 1 fully saturated rings. The lowest BCUT2D eigenvalue weighted by Crippen LogP contribution is -2.43. The third kappa shape index (κ3) is 7.28. The number of halogens is 1. The Labute approximate surface area is 218 Å². The number of hydrogen-bond donors (Lipinski definition) is 0. The normalized spacial score (nSPS) is 16.3. The summed E-state index contributed by atoms with van der Waals surface area (Å²) in [4.78, 5) is 24.3. The number of ether oxygens (including phenoxy) is 1. The van der Waals surface area contributed by atoms with Gasteiger partial charge in [0.05, 0.1) is 17.7 Å². The molecule has 1 heterocycles. The summed E-state index contributed by atoms with van der Waals surface area (Å²) in [6.45, 7) is 10.2. The Bertz CT molecular complexity index is 998. The molecule has 3 rings (SSSR count). The molecule has 0 spiro atoms. The summed E-state index contributed by atoms with van der Waals surface area (Å²) in [5, 5.41) is 0.713. The predicted octanol–water partition coefficient (Wildman–Crippen LogP) is 6.56. The van der Waals surface area contributed by atoms with Crippen LogP contribution in [-0.2, 0) is 4.79 Å². The quantitative estimate of drug-likeness (QED) is 0.277. The van der Waals surface area contributed by atoms with Gasteiger partial charge in [-0.2, -0.15) is 0 Å². The SMILES string of the molecule is COc1ccc(N=C2S/C(=C\c3ccc(SC)cc3)C(=O)N2CCN(C(C)C)C(C)C)cc1.Cl. The highest BCUT2D eigenvalue weighted by atomic mass is 35.5. The maximum atomic E-state index is 13.4. The molecule has 0 N–H and O–H groups in total. The van der Waals surface area contributed by atoms with Gasteiger partial charge in [-0.15, -0.1) is 24.2 Å². The van der Waals surface area contributed by atoms with Crippen molar-refractivity contribution in [2.75, 3.05) is 26.5 Å². The molecule has 5 nitrogen and oxygen atoms in total. The number of benzene rings is 2. The van der Waals surface area contributed by atoms with Crippen LogP contribution in [0.5, 0.6) is 5.75 Å². The highest BCUT2D eigenvalue weighted by Gasteiger charge is 2.34. The summed E-state index contributed by atoms with van der Waals surface area (Å²) < 4.78 is 5.25. The number of methoxy groups -OCH3 is 1. The first-order chi connectivity index (χ1) is 15.8. The molecule has 1 aliphatic heterocycles. The topological polar surface area (TPSA) is 45.1 Å². The second kappa shape index (κ2) is 13.2. The van der Waals surface area contributed by atoms with Crippen molar-refractivity contribution < 1.29 is 9.53 Å². The number of aliphatic imine (C=N–C) groups is 1. The number of carbonyl (C=O) groups excluding carboxylic acids is 1. The maximum Gasteiger partial charge on any atom is 0.266 e. The fourth-order valence-corrected chi connectivity index (χ4v) is 5.17. The van der Waals surface area contributed by atoms with Crippen molar-refractivity contribution in [2.45, 2.75) is 44.7 Å². The second-order valence-corrected chi connectivity index (χ2v) is 10.2. The van der Waals surface area contributed by atoms with Crippen molar-refractivity contribution in [3.63, 3.8) is 0 Å². The van der Waals surface area contributed by atoms with Gasteiger partial charge in [-0.25, -0.2) is 4.99 Å². The third-order valence-corrected chi connectivity index (χ3v) is 7.26. The number of hydrogen-bond acceptors (Lipinski definition) is 6. The highest BCUT2D eigenvalue weighted by molar-refractivity contribution is 8.18. The van der Waals surface area contributed by atoms with Crippen LogP contribution >= 0.6 is 35.9 Å². The van der Waals surface area contributed by atoms with Gasteiger partial charge >= 0.3 is 0 Å². The lowest BCUT2D eigenvalue weighted by Gasteiger charge is -2.31. The van der Waals surface area contributed by atoms with Gasteiger partial charge in [-0.1, -0.05) is 12.1 Å². The van der Waals surface area contributed by atoms with Gasteiger partial charge < -0.3 is 4.74 Å². The minimum atomic E-state index is 0. The smallest absolute Gasteiger partial charge is 0.266 e. The van der Waals surface area contributed by atoms with E-state index in [4.69, 9.17) is 9.73 Å². The van der Waals surface area contributed by atoms with E-state index in [1.54, 1.807) is 18.9 Å². The molecule has 1 aliphatic rings. The standard InChI is InChI=1S/C26H33N3O2S2.ClH/c1-18(2)28(19(3)4)15-16-29-25(30)24(17-20-7-13-23(32-6)14-8-20)33-26(29)27-21-9-11-22(31-5)12-10-21;/h7-14,17-19H,15-16H2,1-6H3;1H/b24-17-,27-26?;. The lowest BCUT2D eigenvalue weighted by atomic mass is 10.2. The molecule has 0 aromatic heterocycles. The van der Waals surface area contributed by atoms with Crippen molar-refractivity contribution in [2.24, 2.45) is 4.99 Å². The monoisotopic (exact) mass is 519 g/mol. The minimum absolute atomic E-state index is 0. The van der Waals surface area contributed by atoms with Crippen molar-refractivity contribution in [3.8, 4) is 5.75 Å².